The van der Waals surface area contributed by atoms with Gasteiger partial charge in [0.05, 0.1) is 19.6 Å². The number of anilines is 1. The number of ketones is 1. The van der Waals surface area contributed by atoms with Crippen LogP contribution in [0, 0.1) is 11.3 Å². The van der Waals surface area contributed by atoms with Gasteiger partial charge in [0.25, 0.3) is 5.91 Å². The Morgan fingerprint density at radius 1 is 0.633 bits per heavy atom. The Balaban J connectivity index is 1.20. The van der Waals surface area contributed by atoms with Crippen LogP contribution in [-0.4, -0.2) is 169 Å². The highest BCUT2D eigenvalue weighted by Crippen LogP contribution is 2.34. The number of esters is 2. The van der Waals surface area contributed by atoms with Gasteiger partial charge in [-0.1, -0.05) is 98.8 Å². The highest BCUT2D eigenvalue weighted by molar-refractivity contribution is 6.38. The average Bonchev–Trinajstić information content (AvgIpc) is 1.52. The predicted octanol–water partition coefficient (Wildman–Crippen LogP) is 7.37. The fraction of sp³-hybridized carbons (Fsp3) is 0.478. The summed E-state index contributed by atoms with van der Waals surface area (Å²) in [6.07, 6.45) is 4.37. The molecule has 0 aliphatic carbocycles. The number of fused-ring (bicyclic) bond motifs is 4. The summed E-state index contributed by atoms with van der Waals surface area (Å²) in [6.45, 7) is 6.82. The molecule has 0 saturated carbocycles. The number of piperidine rings is 1. The monoisotopic (exact) mass is 1240 g/mol. The van der Waals surface area contributed by atoms with Crippen molar-refractivity contribution in [2.24, 2.45) is 11.3 Å². The molecule has 21 nitrogen and oxygen atoms in total. The van der Waals surface area contributed by atoms with Gasteiger partial charge < -0.3 is 54.1 Å². The number of likely N-dealkylation sites (N-methyl/N-ethyl adjacent to an activating group) is 3. The maximum absolute atomic E-state index is 15.2. The molecular formula is C69H87N7O14. The van der Waals surface area contributed by atoms with E-state index < -0.39 is 101 Å². The Hall–Kier alpha value is -8.88. The first-order valence-corrected chi connectivity index (χ1v) is 31.0. The number of hydrogen-bond donors (Lipinski definition) is 2. The van der Waals surface area contributed by atoms with Crippen LogP contribution < -0.4 is 20.1 Å². The lowest BCUT2D eigenvalue weighted by atomic mass is 9.87. The number of carbonyl (C=O) groups excluding carboxylic acids is 10. The van der Waals surface area contributed by atoms with E-state index >= 15 is 9.59 Å². The highest BCUT2D eigenvalue weighted by atomic mass is 16.5. The molecule has 6 atom stereocenters. The van der Waals surface area contributed by atoms with Gasteiger partial charge in [-0.2, -0.15) is 0 Å². The van der Waals surface area contributed by atoms with Gasteiger partial charge in [0.2, 0.25) is 41.2 Å². The zero-order valence-electron chi connectivity index (χ0n) is 53.3. The van der Waals surface area contributed by atoms with Crippen LogP contribution in [0.4, 0.5) is 5.69 Å². The molecule has 3 aliphatic rings. The van der Waals surface area contributed by atoms with Gasteiger partial charge in [-0.15, -0.1) is 0 Å². The van der Waals surface area contributed by atoms with E-state index in [0.717, 1.165) is 11.1 Å². The Bertz CT molecular complexity index is 3240. The molecule has 482 valence electrons. The lowest BCUT2D eigenvalue weighted by Crippen LogP contribution is -2.58. The second-order valence-electron chi connectivity index (χ2n) is 24.5. The lowest BCUT2D eigenvalue weighted by molar-refractivity contribution is -0.165. The number of amides is 7. The summed E-state index contributed by atoms with van der Waals surface area (Å²) in [5, 5.41) is 5.70. The van der Waals surface area contributed by atoms with Gasteiger partial charge >= 0.3 is 11.9 Å². The number of nitrogens with zero attached hydrogens (tertiary/aromatic N) is 5. The van der Waals surface area contributed by atoms with Crippen molar-refractivity contribution in [1.82, 2.24) is 29.8 Å². The standard InChI is InChI=1S/C69H87N7O14/c1-45(2)40-53-63(81)72(5)37-18-17-30-60(79)89-44-69(3,4)62(80)67(85)76-38-19-16-28-52(76)68(86)90-55(33-31-47-32-34-56(87-8)57(42-47)88-9)49-26-20-27-50(43-49)70-58(77)35-36-59(78)71-61(48-24-14-11-15-25-48)66(84)74(7)54(41-46-22-12-10-13-23-46)65(83)75-39-21-29-51(75)64(82)73(53)6/h10-15,17,20,22-27,30,32,34,42-43,45,51-55,61H,16,18-19,21,28-29,31,33,35-41,44H2,1-9H3,(H,70,77)(H,71,78)/b30-17+/t51?,52?,53-,54-,55+,61-/m0/s1. The largest absolute Gasteiger partial charge is 0.493 e. The number of methoxy groups -OCH3 is 2. The zero-order chi connectivity index (χ0) is 65.2. The molecule has 3 heterocycles. The van der Waals surface area contributed by atoms with E-state index in [1.807, 2.05) is 56.3 Å². The van der Waals surface area contributed by atoms with Crippen LogP contribution in [0.15, 0.2) is 115 Å². The highest BCUT2D eigenvalue weighted by Gasteiger charge is 2.45. The molecule has 2 N–H and O–H groups in total. The van der Waals surface area contributed by atoms with E-state index in [4.69, 9.17) is 18.9 Å². The number of nitrogens with one attached hydrogen (secondary N) is 2. The molecular weight excluding hydrogens is 1150 g/mol. The number of benzene rings is 4. The number of cyclic esters (lactones) is 2. The van der Waals surface area contributed by atoms with Crippen molar-refractivity contribution in [1.29, 1.82) is 0 Å². The SMILES string of the molecule is COc1ccc(CC[C@H]2OC(=O)C3CCCCN3C(=O)C(=O)C(C)(C)COC(=O)/C=C/CCN(C)C(=O)[C@H](CC(C)C)N(C)C(=O)C3CCCN3C(=O)[C@H](Cc3ccccc3)N(C)C(=O)[C@H](c3ccccc3)NC(=O)CCC(=O)Nc3cccc2c3)cc1OC. The second kappa shape index (κ2) is 32.0. The van der Waals surface area contributed by atoms with Crippen molar-refractivity contribution < 1.29 is 66.9 Å². The van der Waals surface area contributed by atoms with Crippen LogP contribution in [0.5, 0.6) is 11.5 Å². The molecule has 2 bridgehead atoms. The molecule has 3 aliphatic heterocycles. The first-order valence-electron chi connectivity index (χ1n) is 31.0. The summed E-state index contributed by atoms with van der Waals surface area (Å²) >= 11 is 0. The minimum atomic E-state index is -1.51. The van der Waals surface area contributed by atoms with Crippen LogP contribution in [0.2, 0.25) is 0 Å². The molecule has 4 aromatic rings. The first kappa shape index (κ1) is 68.6. The molecule has 21 heteroatoms. The van der Waals surface area contributed by atoms with Crippen molar-refractivity contribution in [2.45, 2.75) is 141 Å². The van der Waals surface area contributed by atoms with Crippen molar-refractivity contribution >= 4 is 64.8 Å². The van der Waals surface area contributed by atoms with Crippen LogP contribution in [0.1, 0.15) is 126 Å². The molecule has 2 saturated heterocycles. The summed E-state index contributed by atoms with van der Waals surface area (Å²) in [7, 11) is 7.70. The minimum Gasteiger partial charge on any atom is -0.493 e. The number of aryl methyl sites for hydroxylation is 1. The fourth-order valence-corrected chi connectivity index (χ4v) is 11.6. The maximum Gasteiger partial charge on any atom is 0.330 e. The fourth-order valence-electron chi connectivity index (χ4n) is 11.6. The topological polar surface area (TPSA) is 248 Å². The molecule has 0 aromatic heterocycles. The number of rotatable bonds is 10. The normalized spacial score (nSPS) is 23.3. The van der Waals surface area contributed by atoms with Crippen molar-refractivity contribution in [3.05, 3.63) is 138 Å². The summed E-state index contributed by atoms with van der Waals surface area (Å²) in [4.78, 5) is 150. The van der Waals surface area contributed by atoms with Gasteiger partial charge in [0.15, 0.2) is 11.5 Å². The third-order valence-corrected chi connectivity index (χ3v) is 16.9. The summed E-state index contributed by atoms with van der Waals surface area (Å²) in [5.74, 6) is -5.41. The number of Topliss-reactive ketones (excluding diaryl/α,β-unsaturated/α-hetero) is 1. The minimum absolute atomic E-state index is 0.0265. The summed E-state index contributed by atoms with van der Waals surface area (Å²) in [5.41, 5.74) is 1.30. The van der Waals surface area contributed by atoms with Crippen LogP contribution in [0.25, 0.3) is 0 Å². The smallest absolute Gasteiger partial charge is 0.330 e. The van der Waals surface area contributed by atoms with Gasteiger partial charge in [-0.05, 0) is 124 Å². The number of carbonyl (C=O) groups is 10. The van der Waals surface area contributed by atoms with Gasteiger partial charge in [0, 0.05) is 71.8 Å². The van der Waals surface area contributed by atoms with E-state index in [-0.39, 0.29) is 70.0 Å². The molecule has 7 rings (SSSR count). The van der Waals surface area contributed by atoms with Crippen molar-refractivity contribution in [3.8, 4) is 11.5 Å². The van der Waals surface area contributed by atoms with Gasteiger partial charge in [-0.25, -0.2) is 9.59 Å². The summed E-state index contributed by atoms with van der Waals surface area (Å²) in [6, 6.07) is 24.4. The van der Waals surface area contributed by atoms with Crippen molar-refractivity contribution in [3.63, 3.8) is 0 Å². The Morgan fingerprint density at radius 3 is 1.99 bits per heavy atom. The molecule has 0 spiro atoms. The van der Waals surface area contributed by atoms with Crippen LogP contribution in [0.3, 0.4) is 0 Å². The van der Waals surface area contributed by atoms with E-state index in [9.17, 15) is 38.4 Å². The van der Waals surface area contributed by atoms with E-state index in [2.05, 4.69) is 10.6 Å². The van der Waals surface area contributed by atoms with E-state index in [1.54, 1.807) is 74.8 Å². The van der Waals surface area contributed by atoms with Gasteiger partial charge in [0.1, 0.15) is 42.9 Å². The van der Waals surface area contributed by atoms with Crippen molar-refractivity contribution in [2.75, 3.05) is 66.9 Å². The molecule has 0 radical (unpaired) electrons. The third-order valence-electron chi connectivity index (χ3n) is 16.9. The number of hydrogen-bond acceptors (Lipinski definition) is 14. The molecule has 4 aromatic carbocycles. The molecule has 2 fully saturated rings. The zero-order valence-corrected chi connectivity index (χ0v) is 53.3. The Labute approximate surface area is 527 Å². The summed E-state index contributed by atoms with van der Waals surface area (Å²) < 4.78 is 22.9. The first-order chi connectivity index (χ1) is 43.0. The lowest BCUT2D eigenvalue weighted by Gasteiger charge is -2.37. The average molecular weight is 1240 g/mol. The molecule has 7 amide bonds. The Kier molecular flexibility index (Phi) is 24.4. The van der Waals surface area contributed by atoms with E-state index in [0.29, 0.717) is 66.8 Å². The molecule has 2 unspecified atom stereocenters. The third kappa shape index (κ3) is 17.9. The number of ether oxygens (including phenoxy) is 4. The molecule has 90 heavy (non-hydrogen) atoms. The quantitative estimate of drug-likeness (QED) is 0.116. The maximum atomic E-state index is 15.2. The van der Waals surface area contributed by atoms with Gasteiger partial charge in [-0.3, -0.25) is 38.4 Å². The van der Waals surface area contributed by atoms with E-state index in [1.165, 1.54) is 71.8 Å². The van der Waals surface area contributed by atoms with Crippen LogP contribution in [-0.2, 0) is 70.3 Å². The van der Waals surface area contributed by atoms with Crippen LogP contribution >= 0.6 is 0 Å². The second-order valence-corrected chi connectivity index (χ2v) is 24.5. The predicted molar refractivity (Wildman–Crippen MR) is 336 cm³/mol. The Morgan fingerprint density at radius 2 is 1.29 bits per heavy atom.